The standard InChI is InChI=1S/C12H16P2/c1-9-5-7-13(3)11(9)12-10(2)6-8-14(12)4/h5-8H,1-4H3. The first kappa shape index (κ1) is 10.1. The molecule has 0 amide bonds. The van der Waals surface area contributed by atoms with Crippen molar-refractivity contribution in [1.82, 2.24) is 0 Å². The number of hydrogen-bond donors (Lipinski definition) is 0. The first-order chi connectivity index (χ1) is 6.61. The molecule has 0 fully saturated rings. The van der Waals surface area contributed by atoms with Crippen molar-refractivity contribution in [3.63, 3.8) is 0 Å². The molecule has 0 radical (unpaired) electrons. The summed E-state index contributed by atoms with van der Waals surface area (Å²) in [5, 5.41) is 3.30. The lowest BCUT2D eigenvalue weighted by Crippen LogP contribution is -1.74. The van der Waals surface area contributed by atoms with Crippen molar-refractivity contribution in [2.45, 2.75) is 13.8 Å². The summed E-state index contributed by atoms with van der Waals surface area (Å²) in [5.74, 6) is 4.75. The topological polar surface area (TPSA) is 0 Å². The molecule has 2 rings (SSSR count). The maximum absolute atomic E-state index is 2.38. The van der Waals surface area contributed by atoms with Crippen LogP contribution in [0, 0.1) is 13.8 Å². The van der Waals surface area contributed by atoms with Crippen LogP contribution in [0.5, 0.6) is 0 Å². The largest absolute Gasteiger partial charge is 0.119 e. The van der Waals surface area contributed by atoms with Gasteiger partial charge >= 0.3 is 0 Å². The molecule has 2 aromatic heterocycles. The molecule has 0 aliphatic rings. The van der Waals surface area contributed by atoms with E-state index in [-0.39, 0.29) is 15.1 Å². The Bertz CT molecular complexity index is 377. The average molecular weight is 222 g/mol. The Morgan fingerprint density at radius 2 is 1.14 bits per heavy atom. The van der Waals surface area contributed by atoms with Crippen LogP contribution in [0.15, 0.2) is 23.7 Å². The molecule has 2 atom stereocenters. The Morgan fingerprint density at radius 3 is 1.36 bits per heavy atom. The minimum atomic E-state index is -0.0147. The third kappa shape index (κ3) is 1.48. The van der Waals surface area contributed by atoms with Gasteiger partial charge in [-0.25, -0.2) is 0 Å². The molecule has 2 heteroatoms. The summed E-state index contributed by atoms with van der Waals surface area (Å²) in [7, 11) is -0.0293. The van der Waals surface area contributed by atoms with E-state index in [0.717, 1.165) is 0 Å². The van der Waals surface area contributed by atoms with Gasteiger partial charge in [-0.1, -0.05) is 12.1 Å². The van der Waals surface area contributed by atoms with Crippen molar-refractivity contribution >= 4 is 15.1 Å². The van der Waals surface area contributed by atoms with E-state index in [1.165, 1.54) is 11.1 Å². The van der Waals surface area contributed by atoms with Crippen LogP contribution < -0.4 is 0 Å². The fourth-order valence-electron chi connectivity index (χ4n) is 2.02. The van der Waals surface area contributed by atoms with Crippen molar-refractivity contribution in [3.05, 3.63) is 34.9 Å². The molecule has 0 aliphatic carbocycles. The molecule has 2 heterocycles. The minimum Gasteiger partial charge on any atom is -0.119 e. The zero-order chi connectivity index (χ0) is 10.3. The van der Waals surface area contributed by atoms with Gasteiger partial charge in [-0.15, -0.1) is 15.1 Å². The third-order valence-corrected chi connectivity index (χ3v) is 6.71. The Morgan fingerprint density at radius 1 is 0.786 bits per heavy atom. The monoisotopic (exact) mass is 222 g/mol. The molecule has 0 saturated heterocycles. The molecule has 0 nitrogen and oxygen atoms in total. The smallest absolute Gasteiger partial charge is 0.00802 e. The maximum Gasteiger partial charge on any atom is 0.00802 e. The van der Waals surface area contributed by atoms with E-state index in [4.69, 9.17) is 0 Å². The van der Waals surface area contributed by atoms with Gasteiger partial charge in [-0.2, -0.15) is 0 Å². The molecule has 74 valence electrons. The van der Waals surface area contributed by atoms with Gasteiger partial charge in [0.2, 0.25) is 0 Å². The highest BCUT2D eigenvalue weighted by Crippen LogP contribution is 2.51. The molecule has 0 aliphatic heterocycles. The summed E-state index contributed by atoms with van der Waals surface area (Å²) >= 11 is 0. The fourth-order valence-corrected chi connectivity index (χ4v) is 6.44. The van der Waals surface area contributed by atoms with Gasteiger partial charge in [-0.05, 0) is 49.9 Å². The summed E-state index contributed by atoms with van der Waals surface area (Å²) in [6, 6.07) is 4.59. The second-order valence-electron chi connectivity index (χ2n) is 3.92. The number of hydrogen-bond acceptors (Lipinski definition) is 0. The number of rotatable bonds is 1. The van der Waals surface area contributed by atoms with Gasteiger partial charge in [0.25, 0.3) is 0 Å². The van der Waals surface area contributed by atoms with Crippen molar-refractivity contribution in [3.8, 4) is 10.6 Å². The SMILES string of the molecule is Cc1ccp(C)c1-c1c(C)ccp1C. The summed E-state index contributed by atoms with van der Waals surface area (Å²) < 4.78 is 0. The molecular formula is C12H16P2. The van der Waals surface area contributed by atoms with E-state index in [1.807, 2.05) is 0 Å². The Kier molecular flexibility index (Phi) is 2.60. The Hall–Kier alpha value is -0.440. The molecule has 2 aromatic rings. The van der Waals surface area contributed by atoms with Crippen LogP contribution >= 0.6 is 15.1 Å². The van der Waals surface area contributed by atoms with E-state index in [1.54, 1.807) is 10.6 Å². The molecule has 0 saturated carbocycles. The molecule has 2 unspecified atom stereocenters. The predicted molar refractivity (Wildman–Crippen MR) is 68.7 cm³/mol. The molecule has 0 N–H and O–H groups in total. The van der Waals surface area contributed by atoms with Gasteiger partial charge < -0.3 is 0 Å². The zero-order valence-electron chi connectivity index (χ0n) is 9.20. The lowest BCUT2D eigenvalue weighted by Gasteiger charge is -2.06. The van der Waals surface area contributed by atoms with Crippen LogP contribution in [0.3, 0.4) is 0 Å². The lowest BCUT2D eigenvalue weighted by molar-refractivity contribution is 1.51. The first-order valence-corrected chi connectivity index (χ1v) is 8.57. The number of aryl methyl sites for hydroxylation is 4. The van der Waals surface area contributed by atoms with E-state index in [0.29, 0.717) is 0 Å². The quantitative estimate of drug-likeness (QED) is 0.635. The van der Waals surface area contributed by atoms with Gasteiger partial charge in [0.15, 0.2) is 0 Å². The normalized spacial score (nSPS) is 13.4. The molecule has 0 aromatic carbocycles. The Balaban J connectivity index is 2.71. The first-order valence-electron chi connectivity index (χ1n) is 4.85. The highest BCUT2D eigenvalue weighted by atomic mass is 31.1. The van der Waals surface area contributed by atoms with Crippen molar-refractivity contribution < 1.29 is 0 Å². The van der Waals surface area contributed by atoms with Crippen molar-refractivity contribution in [2.24, 2.45) is 13.3 Å². The minimum absolute atomic E-state index is 0.0147. The van der Waals surface area contributed by atoms with Gasteiger partial charge in [0.1, 0.15) is 0 Å². The van der Waals surface area contributed by atoms with Crippen LogP contribution in [-0.2, 0) is 13.3 Å². The fraction of sp³-hybridized carbons (Fsp3) is 0.333. The van der Waals surface area contributed by atoms with E-state index >= 15 is 0 Å². The van der Waals surface area contributed by atoms with Crippen molar-refractivity contribution in [1.29, 1.82) is 0 Å². The molecule has 14 heavy (non-hydrogen) atoms. The molecule has 0 spiro atoms. The van der Waals surface area contributed by atoms with E-state index in [9.17, 15) is 0 Å². The second kappa shape index (κ2) is 3.61. The van der Waals surface area contributed by atoms with E-state index < -0.39 is 0 Å². The molecular weight excluding hydrogens is 206 g/mol. The highest BCUT2D eigenvalue weighted by molar-refractivity contribution is 7.56. The lowest BCUT2D eigenvalue weighted by atomic mass is 10.2. The highest BCUT2D eigenvalue weighted by Gasteiger charge is 2.11. The van der Waals surface area contributed by atoms with Crippen LogP contribution in [-0.4, -0.2) is 0 Å². The summed E-state index contributed by atoms with van der Waals surface area (Å²) in [6.45, 7) is 9.22. The third-order valence-electron chi connectivity index (χ3n) is 2.77. The van der Waals surface area contributed by atoms with Crippen molar-refractivity contribution in [2.75, 3.05) is 0 Å². The van der Waals surface area contributed by atoms with Crippen LogP contribution in [0.2, 0.25) is 0 Å². The molecule has 0 bridgehead atoms. The van der Waals surface area contributed by atoms with E-state index in [2.05, 4.69) is 50.9 Å². The van der Waals surface area contributed by atoms with Gasteiger partial charge in [0.05, 0.1) is 0 Å². The van der Waals surface area contributed by atoms with Gasteiger partial charge in [-0.3, -0.25) is 0 Å². The summed E-state index contributed by atoms with van der Waals surface area (Å²) in [5.41, 5.74) is 2.98. The summed E-state index contributed by atoms with van der Waals surface area (Å²) in [4.78, 5) is 0. The van der Waals surface area contributed by atoms with Crippen LogP contribution in [0.4, 0.5) is 0 Å². The average Bonchev–Trinajstić information content (AvgIpc) is 2.60. The van der Waals surface area contributed by atoms with Crippen LogP contribution in [0.25, 0.3) is 10.6 Å². The second-order valence-corrected chi connectivity index (χ2v) is 7.85. The van der Waals surface area contributed by atoms with Crippen LogP contribution in [0.1, 0.15) is 11.1 Å². The Labute approximate surface area is 88.1 Å². The predicted octanol–water partition coefficient (Wildman–Crippen LogP) is 5.02. The zero-order valence-corrected chi connectivity index (χ0v) is 11.0. The maximum atomic E-state index is 2.38. The van der Waals surface area contributed by atoms with Gasteiger partial charge in [0, 0.05) is 10.6 Å². The summed E-state index contributed by atoms with van der Waals surface area (Å²) in [6.07, 6.45) is 0.